The van der Waals surface area contributed by atoms with Crippen LogP contribution in [0.1, 0.15) is 6.42 Å². The van der Waals surface area contributed by atoms with Crippen LogP contribution in [0, 0.1) is 0 Å². The molecular formula is C13H16N4O2S2. The lowest BCUT2D eigenvalue weighted by atomic mass is 10.2. The van der Waals surface area contributed by atoms with Gasteiger partial charge in [0, 0.05) is 37.2 Å². The molecule has 0 spiro atoms. The molecule has 2 rings (SSSR count). The van der Waals surface area contributed by atoms with Crippen LogP contribution in [-0.4, -0.2) is 48.7 Å². The van der Waals surface area contributed by atoms with Crippen LogP contribution in [0.4, 0.5) is 10.3 Å². The van der Waals surface area contributed by atoms with Gasteiger partial charge in [-0.2, -0.15) is 0 Å². The highest BCUT2D eigenvalue weighted by atomic mass is 32.1. The maximum atomic E-state index is 11.9. The van der Waals surface area contributed by atoms with Gasteiger partial charge in [0.25, 0.3) is 0 Å². The first-order valence-electron chi connectivity index (χ1n) is 6.31. The molecule has 2 heterocycles. The number of thiazole rings is 2. The fourth-order valence-electron chi connectivity index (χ4n) is 1.80. The molecule has 6 nitrogen and oxygen atoms in total. The number of hydrogen-bond donors (Lipinski definition) is 0. The zero-order valence-electron chi connectivity index (χ0n) is 11.9. The molecule has 0 amide bonds. The zero-order chi connectivity index (χ0) is 15.2. The van der Waals surface area contributed by atoms with Crippen molar-refractivity contribution in [2.75, 3.05) is 37.0 Å². The lowest BCUT2D eigenvalue weighted by Gasteiger charge is -2.16. The summed E-state index contributed by atoms with van der Waals surface area (Å²) in [6, 6.07) is 0. The number of aromatic nitrogens is 2. The van der Waals surface area contributed by atoms with Crippen molar-refractivity contribution in [1.82, 2.24) is 9.97 Å². The van der Waals surface area contributed by atoms with Crippen molar-refractivity contribution in [1.29, 1.82) is 0 Å². The largest absolute Gasteiger partial charge is 0.344 e. The number of rotatable bonds is 8. The Bertz CT molecular complexity index is 531. The van der Waals surface area contributed by atoms with Crippen molar-refractivity contribution >= 4 is 44.5 Å². The van der Waals surface area contributed by atoms with Crippen LogP contribution in [0.2, 0.25) is 0 Å². The first-order chi connectivity index (χ1) is 10.1. The van der Waals surface area contributed by atoms with E-state index in [-0.39, 0.29) is 31.1 Å². The summed E-state index contributed by atoms with van der Waals surface area (Å²) in [5, 5.41) is 5.25. The number of carbonyl (C=O) groups is 2. The molecule has 0 saturated heterocycles. The van der Waals surface area contributed by atoms with E-state index < -0.39 is 0 Å². The molecule has 0 aromatic carbocycles. The van der Waals surface area contributed by atoms with Crippen molar-refractivity contribution in [3.05, 3.63) is 23.2 Å². The van der Waals surface area contributed by atoms with Crippen molar-refractivity contribution in [2.24, 2.45) is 0 Å². The van der Waals surface area contributed by atoms with Gasteiger partial charge < -0.3 is 9.80 Å². The number of nitrogens with zero attached hydrogens (tertiary/aromatic N) is 4. The number of ketones is 2. The molecule has 0 saturated carbocycles. The molecule has 0 unspecified atom stereocenters. The van der Waals surface area contributed by atoms with Gasteiger partial charge in [0.15, 0.2) is 21.8 Å². The lowest BCUT2D eigenvalue weighted by molar-refractivity contribution is -0.125. The van der Waals surface area contributed by atoms with Crippen molar-refractivity contribution in [3.63, 3.8) is 0 Å². The minimum atomic E-state index is -0.106. The number of hydrogen-bond acceptors (Lipinski definition) is 8. The maximum absolute atomic E-state index is 11.9. The minimum Gasteiger partial charge on any atom is -0.344 e. The van der Waals surface area contributed by atoms with Crippen LogP contribution in [0.15, 0.2) is 23.2 Å². The van der Waals surface area contributed by atoms with Gasteiger partial charge in [0.2, 0.25) is 0 Å². The Labute approximate surface area is 131 Å². The third-order valence-electron chi connectivity index (χ3n) is 2.71. The van der Waals surface area contributed by atoms with Gasteiger partial charge >= 0.3 is 0 Å². The van der Waals surface area contributed by atoms with Gasteiger partial charge in [-0.1, -0.05) is 0 Å². The van der Waals surface area contributed by atoms with Crippen LogP contribution < -0.4 is 9.80 Å². The molecule has 0 aliphatic heterocycles. The summed E-state index contributed by atoms with van der Waals surface area (Å²) in [4.78, 5) is 35.6. The first kappa shape index (κ1) is 15.6. The summed E-state index contributed by atoms with van der Waals surface area (Å²) in [5.74, 6) is -0.213. The summed E-state index contributed by atoms with van der Waals surface area (Å²) >= 11 is 2.93. The van der Waals surface area contributed by atoms with E-state index in [9.17, 15) is 9.59 Å². The number of likely N-dealkylation sites (N-methyl/N-ethyl adjacent to an activating group) is 2. The molecule has 0 aliphatic carbocycles. The zero-order valence-corrected chi connectivity index (χ0v) is 13.5. The average molecular weight is 324 g/mol. The number of carbonyl (C=O) groups excluding carboxylic acids is 2. The molecule has 0 atom stereocenters. The van der Waals surface area contributed by atoms with E-state index in [1.54, 1.807) is 36.3 Å². The topological polar surface area (TPSA) is 66.4 Å². The molecule has 0 aliphatic rings. The summed E-state index contributed by atoms with van der Waals surface area (Å²) < 4.78 is 0. The minimum absolute atomic E-state index is 0.0641. The number of Topliss-reactive ketones (excluding diaryl/α,β-unsaturated/α-hetero) is 2. The molecule has 0 fully saturated rings. The van der Waals surface area contributed by atoms with E-state index in [4.69, 9.17) is 0 Å². The molecule has 2 aromatic heterocycles. The van der Waals surface area contributed by atoms with Crippen molar-refractivity contribution < 1.29 is 9.59 Å². The smallest absolute Gasteiger partial charge is 0.185 e. The van der Waals surface area contributed by atoms with Crippen molar-refractivity contribution in [3.8, 4) is 0 Å². The Hall–Kier alpha value is -1.80. The Morgan fingerprint density at radius 3 is 1.71 bits per heavy atom. The Kier molecular flexibility index (Phi) is 5.40. The second kappa shape index (κ2) is 7.28. The maximum Gasteiger partial charge on any atom is 0.185 e. The lowest BCUT2D eigenvalue weighted by Crippen LogP contribution is -2.31. The monoisotopic (exact) mass is 324 g/mol. The molecule has 8 heteroatoms. The Morgan fingerprint density at radius 1 is 0.952 bits per heavy atom. The van der Waals surface area contributed by atoms with Crippen LogP contribution in [0.3, 0.4) is 0 Å². The van der Waals surface area contributed by atoms with Gasteiger partial charge in [0.1, 0.15) is 0 Å². The molecule has 21 heavy (non-hydrogen) atoms. The van der Waals surface area contributed by atoms with Gasteiger partial charge in [-0.05, 0) is 0 Å². The standard InChI is InChI=1S/C13H16N4O2S2/c1-16(12-14-3-5-20-12)8-10(18)7-11(19)9-17(2)13-15-4-6-21-13/h3-6H,7-9H2,1-2H3. The fourth-order valence-corrected chi connectivity index (χ4v) is 3.02. The summed E-state index contributed by atoms with van der Waals surface area (Å²) in [6.07, 6.45) is 3.32. The predicted octanol–water partition coefficient (Wildman–Crippen LogP) is 1.70. The SMILES string of the molecule is CN(CC(=O)CC(=O)CN(C)c1nccs1)c1nccs1. The first-order valence-corrected chi connectivity index (χ1v) is 8.07. The summed E-state index contributed by atoms with van der Waals surface area (Å²) in [5.41, 5.74) is 0. The van der Waals surface area contributed by atoms with E-state index in [0.29, 0.717) is 0 Å². The third kappa shape index (κ3) is 4.61. The Balaban J connectivity index is 1.78. The van der Waals surface area contributed by atoms with Gasteiger partial charge in [-0.15, -0.1) is 22.7 Å². The third-order valence-corrected chi connectivity index (χ3v) is 4.48. The Morgan fingerprint density at radius 2 is 1.38 bits per heavy atom. The van der Waals surface area contributed by atoms with Gasteiger partial charge in [0.05, 0.1) is 19.5 Å². The molecular weight excluding hydrogens is 308 g/mol. The van der Waals surface area contributed by atoms with E-state index in [0.717, 1.165) is 10.3 Å². The van der Waals surface area contributed by atoms with Crippen LogP contribution in [0.5, 0.6) is 0 Å². The highest BCUT2D eigenvalue weighted by molar-refractivity contribution is 7.13. The normalized spacial score (nSPS) is 10.4. The number of anilines is 2. The van der Waals surface area contributed by atoms with Gasteiger partial charge in [-0.3, -0.25) is 9.59 Å². The molecule has 112 valence electrons. The highest BCUT2D eigenvalue weighted by Crippen LogP contribution is 2.16. The quantitative estimate of drug-likeness (QED) is 0.689. The summed E-state index contributed by atoms with van der Waals surface area (Å²) in [7, 11) is 3.59. The van der Waals surface area contributed by atoms with E-state index in [1.807, 2.05) is 10.8 Å². The fraction of sp³-hybridized carbons (Fsp3) is 0.385. The molecule has 0 bridgehead atoms. The second-order valence-electron chi connectivity index (χ2n) is 4.60. The van der Waals surface area contributed by atoms with Crippen LogP contribution >= 0.6 is 22.7 Å². The summed E-state index contributed by atoms with van der Waals surface area (Å²) in [6.45, 7) is 0.389. The molecule has 0 N–H and O–H groups in total. The highest BCUT2D eigenvalue weighted by Gasteiger charge is 2.16. The average Bonchev–Trinajstić information content (AvgIpc) is 3.12. The van der Waals surface area contributed by atoms with E-state index in [1.165, 1.54) is 22.7 Å². The molecule has 2 aromatic rings. The van der Waals surface area contributed by atoms with E-state index in [2.05, 4.69) is 9.97 Å². The van der Waals surface area contributed by atoms with Crippen molar-refractivity contribution in [2.45, 2.75) is 6.42 Å². The molecule has 0 radical (unpaired) electrons. The predicted molar refractivity (Wildman–Crippen MR) is 85.4 cm³/mol. The van der Waals surface area contributed by atoms with Crippen LogP contribution in [0.25, 0.3) is 0 Å². The van der Waals surface area contributed by atoms with Crippen LogP contribution in [-0.2, 0) is 9.59 Å². The van der Waals surface area contributed by atoms with Gasteiger partial charge in [-0.25, -0.2) is 9.97 Å². The van der Waals surface area contributed by atoms with E-state index >= 15 is 0 Å². The second-order valence-corrected chi connectivity index (χ2v) is 6.34.